The van der Waals surface area contributed by atoms with Crippen molar-refractivity contribution in [1.82, 2.24) is 0 Å². The van der Waals surface area contributed by atoms with Gasteiger partial charge in [0.25, 0.3) is 0 Å². The van der Waals surface area contributed by atoms with Gasteiger partial charge in [-0.2, -0.15) is 0 Å². The molecule has 0 heterocycles. The van der Waals surface area contributed by atoms with E-state index < -0.39 is 6.10 Å². The largest absolute Gasteiger partial charge is 0.462 e. The van der Waals surface area contributed by atoms with Crippen molar-refractivity contribution in [2.75, 3.05) is 13.2 Å². The highest BCUT2D eigenvalue weighted by molar-refractivity contribution is 5.70. The molecule has 0 radical (unpaired) electrons. The van der Waals surface area contributed by atoms with Crippen LogP contribution in [0.1, 0.15) is 361 Å². The number of hydrogen-bond acceptors (Lipinski definition) is 5. The molecule has 0 aromatic carbocycles. The van der Waals surface area contributed by atoms with Crippen LogP contribution < -0.4 is 0 Å². The fourth-order valence-corrected chi connectivity index (χ4v) is 9.94. The summed E-state index contributed by atoms with van der Waals surface area (Å²) >= 11 is 0. The molecule has 0 aromatic rings. The van der Waals surface area contributed by atoms with Crippen LogP contribution in [0.15, 0.2) is 24.3 Å². The molecule has 0 bridgehead atoms. The number of esters is 2. The third-order valence-electron chi connectivity index (χ3n) is 14.7. The van der Waals surface area contributed by atoms with E-state index in [4.69, 9.17) is 9.47 Å². The normalized spacial score (nSPS) is 12.2. The summed E-state index contributed by atoms with van der Waals surface area (Å²) in [6.45, 7) is 4.18. The van der Waals surface area contributed by atoms with Crippen molar-refractivity contribution in [3.8, 4) is 0 Å². The van der Waals surface area contributed by atoms with Crippen molar-refractivity contribution in [1.29, 1.82) is 0 Å². The van der Waals surface area contributed by atoms with Gasteiger partial charge in [-0.1, -0.05) is 327 Å². The molecule has 414 valence electrons. The average Bonchev–Trinajstić information content (AvgIpc) is 3.36. The predicted octanol–water partition coefficient (Wildman–Crippen LogP) is 21.7. The zero-order valence-electron chi connectivity index (χ0n) is 47.6. The summed E-state index contributed by atoms with van der Waals surface area (Å²) in [6, 6.07) is 0. The summed E-state index contributed by atoms with van der Waals surface area (Å²) in [6.07, 6.45) is 79.2. The number of aliphatic hydroxyl groups is 1. The van der Waals surface area contributed by atoms with Gasteiger partial charge in [0.15, 0.2) is 6.10 Å². The van der Waals surface area contributed by atoms with Gasteiger partial charge in [-0.25, -0.2) is 0 Å². The first-order chi connectivity index (χ1) is 34.6. The van der Waals surface area contributed by atoms with Crippen LogP contribution in [0.25, 0.3) is 0 Å². The minimum Gasteiger partial charge on any atom is -0.462 e. The molecule has 1 atom stereocenters. The van der Waals surface area contributed by atoms with E-state index in [1.54, 1.807) is 0 Å². The lowest BCUT2D eigenvalue weighted by Gasteiger charge is -2.15. The lowest BCUT2D eigenvalue weighted by Crippen LogP contribution is -2.28. The molecule has 0 aliphatic carbocycles. The molecule has 0 amide bonds. The van der Waals surface area contributed by atoms with Gasteiger partial charge in [0.05, 0.1) is 6.61 Å². The second-order valence-corrected chi connectivity index (χ2v) is 21.9. The van der Waals surface area contributed by atoms with Crippen LogP contribution in [-0.2, 0) is 19.1 Å². The highest BCUT2D eigenvalue weighted by atomic mass is 16.6. The molecular formula is C65H124O5. The van der Waals surface area contributed by atoms with Crippen molar-refractivity contribution < 1.29 is 24.2 Å². The van der Waals surface area contributed by atoms with E-state index in [2.05, 4.69) is 38.2 Å². The Labute approximate surface area is 438 Å². The minimum absolute atomic E-state index is 0.0574. The van der Waals surface area contributed by atoms with E-state index in [0.29, 0.717) is 12.8 Å². The number of aliphatic hydroxyl groups excluding tert-OH is 1. The van der Waals surface area contributed by atoms with Crippen molar-refractivity contribution in [2.45, 2.75) is 367 Å². The fraction of sp³-hybridized carbons (Fsp3) is 0.908. The van der Waals surface area contributed by atoms with Crippen LogP contribution in [0.5, 0.6) is 0 Å². The van der Waals surface area contributed by atoms with Crippen LogP contribution in [0.4, 0.5) is 0 Å². The van der Waals surface area contributed by atoms with Crippen LogP contribution in [0.2, 0.25) is 0 Å². The maximum atomic E-state index is 12.3. The van der Waals surface area contributed by atoms with Gasteiger partial charge in [-0.05, 0) is 44.9 Å². The first-order valence-corrected chi connectivity index (χ1v) is 31.9. The number of hydrogen-bond donors (Lipinski definition) is 1. The maximum absolute atomic E-state index is 12.3. The quantitative estimate of drug-likeness (QED) is 0.0373. The van der Waals surface area contributed by atoms with Crippen LogP contribution in [-0.4, -0.2) is 36.4 Å². The second-order valence-electron chi connectivity index (χ2n) is 21.9. The van der Waals surface area contributed by atoms with Crippen LogP contribution in [0, 0.1) is 0 Å². The summed E-state index contributed by atoms with van der Waals surface area (Å²) in [7, 11) is 0. The van der Waals surface area contributed by atoms with E-state index in [9.17, 15) is 14.7 Å². The van der Waals surface area contributed by atoms with Gasteiger partial charge in [0.1, 0.15) is 6.61 Å². The Morgan fingerprint density at radius 2 is 0.571 bits per heavy atom. The number of unbranched alkanes of at least 4 members (excludes halogenated alkanes) is 48. The zero-order chi connectivity index (χ0) is 50.6. The Hall–Kier alpha value is -1.62. The molecule has 0 spiro atoms. The highest BCUT2D eigenvalue weighted by Crippen LogP contribution is 2.18. The molecular weight excluding hydrogens is 861 g/mol. The molecule has 0 saturated carbocycles. The number of carbonyl (C=O) groups excluding carboxylic acids is 2. The van der Waals surface area contributed by atoms with Crippen molar-refractivity contribution in [3.63, 3.8) is 0 Å². The van der Waals surface area contributed by atoms with Crippen molar-refractivity contribution in [3.05, 3.63) is 24.3 Å². The van der Waals surface area contributed by atoms with E-state index in [1.165, 1.54) is 295 Å². The topological polar surface area (TPSA) is 72.8 Å². The van der Waals surface area contributed by atoms with Crippen molar-refractivity contribution in [2.24, 2.45) is 0 Å². The number of allylic oxidation sites excluding steroid dienone is 4. The summed E-state index contributed by atoms with van der Waals surface area (Å²) in [4.78, 5) is 24.5. The second kappa shape index (κ2) is 61.7. The third-order valence-corrected chi connectivity index (χ3v) is 14.7. The number of ether oxygens (including phenoxy) is 2. The van der Waals surface area contributed by atoms with Gasteiger partial charge < -0.3 is 14.6 Å². The van der Waals surface area contributed by atoms with Crippen LogP contribution in [0.3, 0.4) is 0 Å². The Balaban J connectivity index is 3.33. The lowest BCUT2D eigenvalue weighted by molar-refractivity contribution is -0.161. The van der Waals surface area contributed by atoms with E-state index in [1.807, 2.05) is 0 Å². The van der Waals surface area contributed by atoms with E-state index in [-0.39, 0.29) is 25.2 Å². The first kappa shape index (κ1) is 68.4. The predicted molar refractivity (Wildman–Crippen MR) is 307 cm³/mol. The Kier molecular flexibility index (Phi) is 60.3. The first-order valence-electron chi connectivity index (χ1n) is 31.9. The third kappa shape index (κ3) is 58.9. The summed E-state index contributed by atoms with van der Waals surface area (Å²) in [5.41, 5.74) is 0. The molecule has 0 saturated heterocycles. The molecule has 0 aliphatic heterocycles. The van der Waals surface area contributed by atoms with E-state index in [0.717, 1.165) is 38.5 Å². The molecule has 5 nitrogen and oxygen atoms in total. The molecule has 1 unspecified atom stereocenters. The minimum atomic E-state index is -0.765. The standard InChI is InChI=1S/C65H124O5/c1-3-5-7-9-11-13-15-17-19-20-21-22-23-24-25-26-27-28-29-30-31-32-33-34-35-36-37-38-39-40-41-42-43-44-46-48-50-52-54-56-58-60-65(68)70-63(61-66)62-69-64(67)59-57-55-53-51-49-47-45-18-16-14-12-10-8-6-4-2/h15,17,20-21,63,66H,3-14,16,18-19,22-62H2,1-2H3/b17-15-,21-20-. The average molecular weight is 986 g/mol. The number of carbonyl (C=O) groups is 2. The zero-order valence-corrected chi connectivity index (χ0v) is 47.6. The van der Waals surface area contributed by atoms with Crippen molar-refractivity contribution >= 4 is 11.9 Å². The smallest absolute Gasteiger partial charge is 0.306 e. The molecule has 1 N–H and O–H groups in total. The van der Waals surface area contributed by atoms with Gasteiger partial charge in [0, 0.05) is 12.8 Å². The highest BCUT2D eigenvalue weighted by Gasteiger charge is 2.16. The Bertz CT molecular complexity index is 1070. The molecule has 0 rings (SSSR count). The monoisotopic (exact) mass is 985 g/mol. The lowest BCUT2D eigenvalue weighted by atomic mass is 10.0. The SMILES string of the molecule is CCCCCCC/C=C\C/C=C\CCCCCCCCCCCCCCCCCCCCCCCCCCCCCCCC(=O)OC(CO)COC(=O)CCCCCCCCCCCCCCCCC. The van der Waals surface area contributed by atoms with E-state index >= 15 is 0 Å². The summed E-state index contributed by atoms with van der Waals surface area (Å²) in [5.74, 6) is -0.567. The number of rotatable bonds is 60. The van der Waals surface area contributed by atoms with Gasteiger partial charge >= 0.3 is 11.9 Å². The fourth-order valence-electron chi connectivity index (χ4n) is 9.94. The van der Waals surface area contributed by atoms with Crippen LogP contribution >= 0.6 is 0 Å². The van der Waals surface area contributed by atoms with Gasteiger partial charge in [0.2, 0.25) is 0 Å². The Morgan fingerprint density at radius 1 is 0.329 bits per heavy atom. The maximum Gasteiger partial charge on any atom is 0.306 e. The Morgan fingerprint density at radius 3 is 0.843 bits per heavy atom. The van der Waals surface area contributed by atoms with Gasteiger partial charge in [-0.3, -0.25) is 9.59 Å². The summed E-state index contributed by atoms with van der Waals surface area (Å²) < 4.78 is 10.7. The molecule has 70 heavy (non-hydrogen) atoms. The van der Waals surface area contributed by atoms with Gasteiger partial charge in [-0.15, -0.1) is 0 Å². The molecule has 5 heteroatoms. The molecule has 0 fully saturated rings. The molecule has 0 aliphatic rings. The molecule has 0 aromatic heterocycles. The summed E-state index contributed by atoms with van der Waals surface area (Å²) in [5, 5.41) is 9.65.